The standard InChI is InChI=1S/C13H11NO3S/c15-8-12-2-1-3-13(14-12)11-6-4-10(5-7-11)9-18(16)17/h1-8H,9H2,(H,16,17). The quantitative estimate of drug-likeness (QED) is 0.677. The summed E-state index contributed by atoms with van der Waals surface area (Å²) in [4.78, 5) is 14.8. The van der Waals surface area contributed by atoms with Crippen molar-refractivity contribution in [3.63, 3.8) is 0 Å². The zero-order chi connectivity index (χ0) is 13.0. The minimum atomic E-state index is -1.83. The van der Waals surface area contributed by atoms with Gasteiger partial charge in [-0.15, -0.1) is 0 Å². The number of nitrogens with zero attached hydrogens (tertiary/aromatic N) is 1. The SMILES string of the molecule is O=Cc1cccc(-c2ccc(CS(=O)O)cc2)n1. The number of hydrogen-bond donors (Lipinski definition) is 1. The Morgan fingerprint density at radius 2 is 1.89 bits per heavy atom. The topological polar surface area (TPSA) is 67.3 Å². The van der Waals surface area contributed by atoms with Crippen molar-refractivity contribution in [1.82, 2.24) is 4.98 Å². The lowest BCUT2D eigenvalue weighted by molar-refractivity contribution is 0.111. The number of aromatic nitrogens is 1. The fraction of sp³-hybridized carbons (Fsp3) is 0.0769. The van der Waals surface area contributed by atoms with Gasteiger partial charge in [0.2, 0.25) is 0 Å². The second kappa shape index (κ2) is 5.66. The Morgan fingerprint density at radius 3 is 2.50 bits per heavy atom. The Morgan fingerprint density at radius 1 is 1.17 bits per heavy atom. The molecule has 1 aromatic carbocycles. The first-order valence-corrected chi connectivity index (χ1v) is 6.55. The van der Waals surface area contributed by atoms with E-state index in [1.54, 1.807) is 24.3 Å². The number of carbonyl (C=O) groups excluding carboxylic acids is 1. The second-order valence-corrected chi connectivity index (χ2v) is 4.66. The van der Waals surface area contributed by atoms with E-state index in [1.807, 2.05) is 18.2 Å². The van der Waals surface area contributed by atoms with E-state index >= 15 is 0 Å². The van der Waals surface area contributed by atoms with Crippen LogP contribution in [0.1, 0.15) is 16.1 Å². The number of hydrogen-bond acceptors (Lipinski definition) is 3. The van der Waals surface area contributed by atoms with Crippen molar-refractivity contribution in [3.8, 4) is 11.3 Å². The lowest BCUT2D eigenvalue weighted by atomic mass is 10.1. The molecule has 0 bridgehead atoms. The van der Waals surface area contributed by atoms with Gasteiger partial charge in [-0.2, -0.15) is 0 Å². The summed E-state index contributed by atoms with van der Waals surface area (Å²) in [5.74, 6) is 0.113. The van der Waals surface area contributed by atoms with E-state index in [-0.39, 0.29) is 5.75 Å². The van der Waals surface area contributed by atoms with Crippen molar-refractivity contribution in [2.75, 3.05) is 0 Å². The highest BCUT2D eigenvalue weighted by molar-refractivity contribution is 7.78. The van der Waals surface area contributed by atoms with Gasteiger partial charge >= 0.3 is 0 Å². The van der Waals surface area contributed by atoms with Crippen molar-refractivity contribution in [2.24, 2.45) is 0 Å². The molecule has 0 aliphatic rings. The van der Waals surface area contributed by atoms with Crippen LogP contribution >= 0.6 is 0 Å². The summed E-state index contributed by atoms with van der Waals surface area (Å²) >= 11 is -1.83. The third-order valence-electron chi connectivity index (χ3n) is 2.43. The summed E-state index contributed by atoms with van der Waals surface area (Å²) in [6, 6.07) is 12.4. The molecule has 0 radical (unpaired) electrons. The summed E-state index contributed by atoms with van der Waals surface area (Å²) in [6.45, 7) is 0. The van der Waals surface area contributed by atoms with Crippen LogP contribution in [0.25, 0.3) is 11.3 Å². The second-order valence-electron chi connectivity index (χ2n) is 3.73. The van der Waals surface area contributed by atoms with Crippen molar-refractivity contribution in [2.45, 2.75) is 5.75 Å². The highest BCUT2D eigenvalue weighted by Crippen LogP contribution is 2.18. The smallest absolute Gasteiger partial charge is 0.168 e. The molecule has 0 aliphatic carbocycles. The van der Waals surface area contributed by atoms with Gasteiger partial charge in [-0.3, -0.25) is 4.79 Å². The molecule has 0 fully saturated rings. The summed E-state index contributed by atoms with van der Waals surface area (Å²) < 4.78 is 19.4. The Bertz CT molecular complexity index is 581. The Hall–Kier alpha value is -1.85. The van der Waals surface area contributed by atoms with E-state index < -0.39 is 11.1 Å². The van der Waals surface area contributed by atoms with Crippen LogP contribution in [0.4, 0.5) is 0 Å². The van der Waals surface area contributed by atoms with Crippen LogP contribution < -0.4 is 0 Å². The van der Waals surface area contributed by atoms with Gasteiger partial charge in [0.1, 0.15) is 5.69 Å². The van der Waals surface area contributed by atoms with Gasteiger partial charge in [-0.05, 0) is 17.7 Å². The monoisotopic (exact) mass is 261 g/mol. The van der Waals surface area contributed by atoms with E-state index in [9.17, 15) is 9.00 Å². The third kappa shape index (κ3) is 3.09. The zero-order valence-corrected chi connectivity index (χ0v) is 10.3. The molecule has 1 unspecified atom stereocenters. The molecule has 1 aromatic heterocycles. The van der Waals surface area contributed by atoms with E-state index in [0.717, 1.165) is 11.1 Å². The van der Waals surface area contributed by atoms with Crippen molar-refractivity contribution in [1.29, 1.82) is 0 Å². The molecular weight excluding hydrogens is 250 g/mol. The van der Waals surface area contributed by atoms with E-state index in [4.69, 9.17) is 4.55 Å². The van der Waals surface area contributed by atoms with Crippen molar-refractivity contribution < 1.29 is 13.6 Å². The lowest BCUT2D eigenvalue weighted by Crippen LogP contribution is -1.93. The van der Waals surface area contributed by atoms with Crippen LogP contribution in [0, 0.1) is 0 Å². The largest absolute Gasteiger partial charge is 0.306 e. The minimum Gasteiger partial charge on any atom is -0.306 e. The van der Waals surface area contributed by atoms with Crippen LogP contribution in [0.5, 0.6) is 0 Å². The van der Waals surface area contributed by atoms with Gasteiger partial charge in [0.05, 0.1) is 11.4 Å². The summed E-state index contributed by atoms with van der Waals surface area (Å²) in [7, 11) is 0. The zero-order valence-electron chi connectivity index (χ0n) is 9.45. The van der Waals surface area contributed by atoms with Crippen LogP contribution in [0.3, 0.4) is 0 Å². The molecule has 92 valence electrons. The third-order valence-corrected chi connectivity index (χ3v) is 3.01. The lowest BCUT2D eigenvalue weighted by Gasteiger charge is -2.03. The average Bonchev–Trinajstić information content (AvgIpc) is 2.39. The molecule has 18 heavy (non-hydrogen) atoms. The molecule has 2 aromatic rings. The highest BCUT2D eigenvalue weighted by Gasteiger charge is 2.02. The number of pyridine rings is 1. The van der Waals surface area contributed by atoms with Gasteiger partial charge < -0.3 is 4.55 Å². The van der Waals surface area contributed by atoms with Gasteiger partial charge in [-0.1, -0.05) is 30.3 Å². The van der Waals surface area contributed by atoms with Gasteiger partial charge in [-0.25, -0.2) is 9.19 Å². The molecule has 0 saturated carbocycles. The molecule has 0 saturated heterocycles. The first-order chi connectivity index (χ1) is 8.69. The highest BCUT2D eigenvalue weighted by atomic mass is 32.2. The maximum absolute atomic E-state index is 10.7. The number of aldehydes is 1. The Kier molecular flexibility index (Phi) is 3.96. The van der Waals surface area contributed by atoms with E-state index in [2.05, 4.69) is 4.98 Å². The predicted octanol–water partition coefficient (Wildman–Crippen LogP) is 2.28. The first-order valence-electron chi connectivity index (χ1n) is 5.28. The first kappa shape index (κ1) is 12.6. The van der Waals surface area contributed by atoms with Crippen LogP contribution in [-0.4, -0.2) is 20.0 Å². The Balaban J connectivity index is 2.28. The molecule has 2 rings (SSSR count). The molecule has 0 aliphatic heterocycles. The maximum Gasteiger partial charge on any atom is 0.168 e. The summed E-state index contributed by atoms with van der Waals surface area (Å²) in [5, 5.41) is 0. The van der Waals surface area contributed by atoms with Crippen LogP contribution in [0.2, 0.25) is 0 Å². The molecule has 4 nitrogen and oxygen atoms in total. The van der Waals surface area contributed by atoms with E-state index in [1.165, 1.54) is 0 Å². The van der Waals surface area contributed by atoms with Crippen molar-refractivity contribution >= 4 is 17.4 Å². The molecule has 0 amide bonds. The molecule has 1 N–H and O–H groups in total. The molecular formula is C13H11NO3S. The average molecular weight is 261 g/mol. The molecule has 1 heterocycles. The van der Waals surface area contributed by atoms with Gasteiger partial charge in [0, 0.05) is 5.56 Å². The number of rotatable bonds is 4. The molecule has 5 heteroatoms. The summed E-state index contributed by atoms with van der Waals surface area (Å²) in [5.41, 5.74) is 2.74. The summed E-state index contributed by atoms with van der Waals surface area (Å²) in [6.07, 6.45) is 0.701. The predicted molar refractivity (Wildman–Crippen MR) is 69.5 cm³/mol. The van der Waals surface area contributed by atoms with Crippen LogP contribution in [0.15, 0.2) is 42.5 Å². The van der Waals surface area contributed by atoms with E-state index in [0.29, 0.717) is 17.7 Å². The van der Waals surface area contributed by atoms with Crippen LogP contribution in [-0.2, 0) is 16.8 Å². The normalized spacial score (nSPS) is 12.1. The van der Waals surface area contributed by atoms with Gasteiger partial charge in [0.15, 0.2) is 17.4 Å². The fourth-order valence-electron chi connectivity index (χ4n) is 1.59. The molecule has 1 atom stereocenters. The minimum absolute atomic E-state index is 0.113. The van der Waals surface area contributed by atoms with Crippen molar-refractivity contribution in [3.05, 3.63) is 53.7 Å². The molecule has 0 spiro atoms. The number of benzene rings is 1. The van der Waals surface area contributed by atoms with Gasteiger partial charge in [0.25, 0.3) is 0 Å². The fourth-order valence-corrected chi connectivity index (χ4v) is 2.07. The number of carbonyl (C=O) groups is 1. The Labute approximate surface area is 107 Å². The maximum atomic E-state index is 10.7.